The maximum Gasteiger partial charge on any atom is 0.0309 e. The fourth-order valence-electron chi connectivity index (χ4n) is 4.85. The molecule has 0 unspecified atom stereocenters. The molecule has 104 valence electrons. The van der Waals surface area contributed by atoms with Crippen molar-refractivity contribution in [2.24, 2.45) is 10.8 Å². The van der Waals surface area contributed by atoms with E-state index >= 15 is 0 Å². The van der Waals surface area contributed by atoms with E-state index in [2.05, 4.69) is 37.9 Å². The van der Waals surface area contributed by atoms with Crippen LogP contribution in [0, 0.1) is 10.8 Å². The highest BCUT2D eigenvalue weighted by atomic mass is 15.3. The molecule has 0 aromatic heterocycles. The summed E-state index contributed by atoms with van der Waals surface area (Å²) in [4.78, 5) is 2.81. The SMILES string of the molecule is CC1(C)C(N2CCNC3(CCCCC3)C2)C1(C)C. The quantitative estimate of drug-likeness (QED) is 0.769. The molecule has 1 saturated heterocycles. The molecule has 1 aliphatic heterocycles. The molecule has 0 radical (unpaired) electrons. The maximum absolute atomic E-state index is 3.86. The minimum atomic E-state index is 0.464. The van der Waals surface area contributed by atoms with Gasteiger partial charge in [-0.25, -0.2) is 0 Å². The third kappa shape index (κ3) is 1.76. The Bertz CT molecular complexity index is 306. The van der Waals surface area contributed by atoms with Crippen LogP contribution in [0.3, 0.4) is 0 Å². The molecule has 1 spiro atoms. The van der Waals surface area contributed by atoms with E-state index in [9.17, 15) is 0 Å². The number of hydrogen-bond donors (Lipinski definition) is 1. The number of nitrogens with zero attached hydrogens (tertiary/aromatic N) is 1. The van der Waals surface area contributed by atoms with E-state index in [1.165, 1.54) is 51.7 Å². The van der Waals surface area contributed by atoms with Gasteiger partial charge >= 0.3 is 0 Å². The second-order valence-electron chi connectivity index (χ2n) is 8.08. The molecule has 2 nitrogen and oxygen atoms in total. The summed E-state index contributed by atoms with van der Waals surface area (Å²) in [5, 5.41) is 3.86. The smallest absolute Gasteiger partial charge is 0.0309 e. The molecular weight excluding hydrogens is 220 g/mol. The van der Waals surface area contributed by atoms with E-state index in [4.69, 9.17) is 0 Å². The van der Waals surface area contributed by atoms with Crippen LogP contribution in [0.25, 0.3) is 0 Å². The number of nitrogens with one attached hydrogen (secondary N) is 1. The molecule has 2 heteroatoms. The molecular formula is C16H30N2. The molecule has 3 fully saturated rings. The first-order valence-corrected chi connectivity index (χ1v) is 7.88. The predicted octanol–water partition coefficient (Wildman–Crippen LogP) is 3.03. The molecule has 18 heavy (non-hydrogen) atoms. The summed E-state index contributed by atoms with van der Waals surface area (Å²) in [6.45, 7) is 13.5. The maximum atomic E-state index is 3.86. The predicted molar refractivity (Wildman–Crippen MR) is 76.7 cm³/mol. The lowest BCUT2D eigenvalue weighted by molar-refractivity contribution is 0.0811. The largest absolute Gasteiger partial charge is 0.309 e. The Kier molecular flexibility index (Phi) is 2.84. The highest BCUT2D eigenvalue weighted by molar-refractivity contribution is 5.20. The van der Waals surface area contributed by atoms with E-state index in [1.807, 2.05) is 0 Å². The summed E-state index contributed by atoms with van der Waals surface area (Å²) in [5.74, 6) is 0. The topological polar surface area (TPSA) is 15.3 Å². The Morgan fingerprint density at radius 1 is 0.944 bits per heavy atom. The van der Waals surface area contributed by atoms with Crippen molar-refractivity contribution in [1.82, 2.24) is 10.2 Å². The zero-order chi connectivity index (χ0) is 13.0. The van der Waals surface area contributed by atoms with Gasteiger partial charge < -0.3 is 5.32 Å². The molecule has 1 N–H and O–H groups in total. The fraction of sp³-hybridized carbons (Fsp3) is 1.00. The van der Waals surface area contributed by atoms with E-state index < -0.39 is 0 Å². The van der Waals surface area contributed by atoms with Gasteiger partial charge in [-0.1, -0.05) is 47.0 Å². The Morgan fingerprint density at radius 3 is 2.11 bits per heavy atom. The molecule has 2 aliphatic carbocycles. The Balaban J connectivity index is 1.72. The third-order valence-electron chi connectivity index (χ3n) is 6.53. The average Bonchev–Trinajstić information content (AvgIpc) is 2.70. The van der Waals surface area contributed by atoms with Gasteiger partial charge in [-0.05, 0) is 23.7 Å². The van der Waals surface area contributed by atoms with Gasteiger partial charge in [0.1, 0.15) is 0 Å². The van der Waals surface area contributed by atoms with Gasteiger partial charge in [0.2, 0.25) is 0 Å². The second kappa shape index (κ2) is 3.96. The van der Waals surface area contributed by atoms with E-state index in [1.54, 1.807) is 0 Å². The minimum absolute atomic E-state index is 0.464. The molecule has 0 atom stereocenters. The van der Waals surface area contributed by atoms with E-state index in [-0.39, 0.29) is 0 Å². The standard InChI is InChI=1S/C16H30N2/c1-14(2)13(15(14,3)4)18-11-10-17-16(12-18)8-6-5-7-9-16/h13,17H,5-12H2,1-4H3. The number of piperazine rings is 1. The summed E-state index contributed by atoms with van der Waals surface area (Å²) >= 11 is 0. The highest BCUT2D eigenvalue weighted by Gasteiger charge is 2.67. The first kappa shape index (κ1) is 12.9. The molecule has 2 saturated carbocycles. The van der Waals surface area contributed by atoms with Crippen LogP contribution >= 0.6 is 0 Å². The number of rotatable bonds is 1. The first-order chi connectivity index (χ1) is 8.39. The van der Waals surface area contributed by atoms with Crippen LogP contribution in [0.15, 0.2) is 0 Å². The van der Waals surface area contributed by atoms with Crippen molar-refractivity contribution in [3.63, 3.8) is 0 Å². The summed E-state index contributed by atoms with van der Waals surface area (Å²) < 4.78 is 0. The Labute approximate surface area is 113 Å². The van der Waals surface area contributed by atoms with Gasteiger partial charge in [0.15, 0.2) is 0 Å². The first-order valence-electron chi connectivity index (χ1n) is 7.88. The van der Waals surface area contributed by atoms with Crippen molar-refractivity contribution in [3.8, 4) is 0 Å². The van der Waals surface area contributed by atoms with Crippen molar-refractivity contribution < 1.29 is 0 Å². The molecule has 3 rings (SSSR count). The summed E-state index contributed by atoms with van der Waals surface area (Å²) in [5.41, 5.74) is 1.46. The Morgan fingerprint density at radius 2 is 1.56 bits per heavy atom. The van der Waals surface area contributed by atoms with Crippen LogP contribution in [0.2, 0.25) is 0 Å². The lowest BCUT2D eigenvalue weighted by Gasteiger charge is -2.47. The normalized spacial score (nSPS) is 34.7. The number of hydrogen-bond acceptors (Lipinski definition) is 2. The lowest BCUT2D eigenvalue weighted by Crippen LogP contribution is -2.62. The fourth-order valence-corrected chi connectivity index (χ4v) is 4.85. The second-order valence-corrected chi connectivity index (χ2v) is 8.08. The zero-order valence-corrected chi connectivity index (χ0v) is 12.7. The van der Waals surface area contributed by atoms with Crippen LogP contribution in [-0.2, 0) is 0 Å². The van der Waals surface area contributed by atoms with Crippen LogP contribution in [-0.4, -0.2) is 36.1 Å². The van der Waals surface area contributed by atoms with Crippen LogP contribution in [0.4, 0.5) is 0 Å². The zero-order valence-electron chi connectivity index (χ0n) is 12.7. The van der Waals surface area contributed by atoms with Crippen molar-refractivity contribution >= 4 is 0 Å². The molecule has 0 aromatic rings. The van der Waals surface area contributed by atoms with E-state index in [0.717, 1.165) is 6.04 Å². The van der Waals surface area contributed by atoms with Crippen LogP contribution in [0.5, 0.6) is 0 Å². The summed E-state index contributed by atoms with van der Waals surface area (Å²) in [6.07, 6.45) is 7.11. The van der Waals surface area contributed by atoms with Crippen LogP contribution < -0.4 is 5.32 Å². The molecule has 3 aliphatic rings. The molecule has 0 aromatic carbocycles. The van der Waals surface area contributed by atoms with Gasteiger partial charge in [0.25, 0.3) is 0 Å². The van der Waals surface area contributed by atoms with Crippen LogP contribution in [0.1, 0.15) is 59.8 Å². The average molecular weight is 250 g/mol. The Hall–Kier alpha value is -0.0800. The van der Waals surface area contributed by atoms with Gasteiger partial charge in [-0.2, -0.15) is 0 Å². The van der Waals surface area contributed by atoms with Crippen molar-refractivity contribution in [2.45, 2.75) is 71.4 Å². The van der Waals surface area contributed by atoms with Crippen molar-refractivity contribution in [1.29, 1.82) is 0 Å². The van der Waals surface area contributed by atoms with Gasteiger partial charge in [0, 0.05) is 31.2 Å². The van der Waals surface area contributed by atoms with Gasteiger partial charge in [0.05, 0.1) is 0 Å². The van der Waals surface area contributed by atoms with Gasteiger partial charge in [-0.15, -0.1) is 0 Å². The molecule has 0 bridgehead atoms. The van der Waals surface area contributed by atoms with Crippen molar-refractivity contribution in [3.05, 3.63) is 0 Å². The van der Waals surface area contributed by atoms with E-state index in [0.29, 0.717) is 16.4 Å². The lowest BCUT2D eigenvalue weighted by atomic mass is 9.80. The minimum Gasteiger partial charge on any atom is -0.309 e. The summed E-state index contributed by atoms with van der Waals surface area (Å²) in [6, 6.07) is 0.797. The monoisotopic (exact) mass is 250 g/mol. The highest BCUT2D eigenvalue weighted by Crippen LogP contribution is 2.65. The third-order valence-corrected chi connectivity index (χ3v) is 6.53. The summed E-state index contributed by atoms with van der Waals surface area (Å²) in [7, 11) is 0. The van der Waals surface area contributed by atoms with Gasteiger partial charge in [-0.3, -0.25) is 4.90 Å². The molecule has 1 heterocycles. The molecule has 0 amide bonds. The van der Waals surface area contributed by atoms with Crippen molar-refractivity contribution in [2.75, 3.05) is 19.6 Å².